The number of hydrogen-bond acceptors (Lipinski definition) is 3. The Labute approximate surface area is 97.6 Å². The fourth-order valence-corrected chi connectivity index (χ4v) is 1.32. The van der Waals surface area contributed by atoms with Gasteiger partial charge < -0.3 is 15.2 Å². The lowest BCUT2D eigenvalue weighted by molar-refractivity contribution is 0.248. The van der Waals surface area contributed by atoms with Crippen molar-refractivity contribution in [1.29, 1.82) is 0 Å². The van der Waals surface area contributed by atoms with Crippen molar-refractivity contribution in [2.75, 3.05) is 13.2 Å². The molecule has 0 unspecified atom stereocenters. The molecule has 0 amide bonds. The van der Waals surface area contributed by atoms with Crippen LogP contribution in [0.15, 0.2) is 18.2 Å². The van der Waals surface area contributed by atoms with Crippen LogP contribution in [0.5, 0.6) is 11.5 Å². The first-order chi connectivity index (χ1) is 7.67. The van der Waals surface area contributed by atoms with Gasteiger partial charge in [-0.15, -0.1) is 0 Å². The van der Waals surface area contributed by atoms with Crippen molar-refractivity contribution in [3.63, 3.8) is 0 Å². The lowest BCUT2D eigenvalue weighted by Crippen LogP contribution is -2.07. The third kappa shape index (κ3) is 3.74. The van der Waals surface area contributed by atoms with Crippen molar-refractivity contribution in [3.8, 4) is 11.5 Å². The number of rotatable bonds is 6. The van der Waals surface area contributed by atoms with Crippen LogP contribution in [0.1, 0.15) is 26.3 Å². The maximum Gasteiger partial charge on any atom is 0.161 e. The Kier molecular flexibility index (Phi) is 5.12. The predicted molar refractivity (Wildman–Crippen MR) is 65.8 cm³/mol. The van der Waals surface area contributed by atoms with E-state index in [1.165, 1.54) is 0 Å². The normalized spacial score (nSPS) is 10.6. The standard InChI is InChI=1S/C13H21NO2/c1-4-15-13-7-11(8-14)5-6-12(13)16-9-10(2)3/h5-7,10H,4,8-9,14H2,1-3H3. The van der Waals surface area contributed by atoms with E-state index in [4.69, 9.17) is 15.2 Å². The number of ether oxygens (including phenoxy) is 2. The molecule has 0 aliphatic carbocycles. The first-order valence-electron chi connectivity index (χ1n) is 5.76. The Hall–Kier alpha value is -1.22. The molecule has 0 saturated heterocycles. The van der Waals surface area contributed by atoms with E-state index in [1.807, 2.05) is 25.1 Å². The average molecular weight is 223 g/mol. The third-order valence-corrected chi connectivity index (χ3v) is 2.12. The van der Waals surface area contributed by atoms with E-state index in [0.717, 1.165) is 17.1 Å². The second-order valence-electron chi connectivity index (χ2n) is 4.12. The van der Waals surface area contributed by atoms with Gasteiger partial charge in [-0.25, -0.2) is 0 Å². The van der Waals surface area contributed by atoms with Crippen LogP contribution in [0.2, 0.25) is 0 Å². The summed E-state index contributed by atoms with van der Waals surface area (Å²) in [5.74, 6) is 2.09. The second-order valence-corrected chi connectivity index (χ2v) is 4.12. The van der Waals surface area contributed by atoms with E-state index < -0.39 is 0 Å². The van der Waals surface area contributed by atoms with Gasteiger partial charge >= 0.3 is 0 Å². The Morgan fingerprint density at radius 3 is 2.50 bits per heavy atom. The summed E-state index contributed by atoms with van der Waals surface area (Å²) in [6.07, 6.45) is 0. The molecule has 0 atom stereocenters. The van der Waals surface area contributed by atoms with Crippen molar-refractivity contribution in [2.45, 2.75) is 27.3 Å². The maximum atomic E-state index is 5.68. The number of benzene rings is 1. The van der Waals surface area contributed by atoms with Crippen molar-refractivity contribution in [2.24, 2.45) is 11.7 Å². The quantitative estimate of drug-likeness (QED) is 0.806. The van der Waals surface area contributed by atoms with Crippen molar-refractivity contribution >= 4 is 0 Å². The molecular formula is C13H21NO2. The van der Waals surface area contributed by atoms with Gasteiger partial charge in [0.05, 0.1) is 13.2 Å². The van der Waals surface area contributed by atoms with Gasteiger partial charge in [-0.05, 0) is 30.5 Å². The molecule has 1 aromatic carbocycles. The molecule has 0 fully saturated rings. The zero-order valence-electron chi connectivity index (χ0n) is 10.3. The Morgan fingerprint density at radius 2 is 1.94 bits per heavy atom. The van der Waals surface area contributed by atoms with Crippen LogP contribution >= 0.6 is 0 Å². The molecule has 1 aromatic rings. The Balaban J connectivity index is 2.80. The fraction of sp³-hybridized carbons (Fsp3) is 0.538. The summed E-state index contributed by atoms with van der Waals surface area (Å²) in [5.41, 5.74) is 6.65. The lowest BCUT2D eigenvalue weighted by atomic mass is 10.2. The van der Waals surface area contributed by atoms with Crippen LogP contribution in [0.3, 0.4) is 0 Å². The molecule has 16 heavy (non-hydrogen) atoms. The summed E-state index contributed by atoms with van der Waals surface area (Å²) in [6, 6.07) is 5.84. The largest absolute Gasteiger partial charge is 0.490 e. The molecule has 2 N–H and O–H groups in total. The molecule has 3 nitrogen and oxygen atoms in total. The van der Waals surface area contributed by atoms with Gasteiger partial charge in [0.2, 0.25) is 0 Å². The van der Waals surface area contributed by atoms with Gasteiger partial charge in [-0.2, -0.15) is 0 Å². The summed E-state index contributed by atoms with van der Waals surface area (Å²) < 4.78 is 11.2. The molecule has 3 heteroatoms. The minimum Gasteiger partial charge on any atom is -0.490 e. The molecule has 0 radical (unpaired) electrons. The van der Waals surface area contributed by atoms with E-state index in [-0.39, 0.29) is 0 Å². The van der Waals surface area contributed by atoms with Crippen LogP contribution in [-0.2, 0) is 6.54 Å². The molecule has 0 spiro atoms. The van der Waals surface area contributed by atoms with Gasteiger partial charge in [-0.3, -0.25) is 0 Å². The van der Waals surface area contributed by atoms with Crippen LogP contribution in [0.25, 0.3) is 0 Å². The molecule has 1 rings (SSSR count). The smallest absolute Gasteiger partial charge is 0.161 e. The summed E-state index contributed by atoms with van der Waals surface area (Å²) in [7, 11) is 0. The van der Waals surface area contributed by atoms with Crippen LogP contribution < -0.4 is 15.2 Å². The van der Waals surface area contributed by atoms with Crippen LogP contribution in [0, 0.1) is 5.92 Å². The molecule has 0 heterocycles. The van der Waals surface area contributed by atoms with Crippen molar-refractivity contribution in [3.05, 3.63) is 23.8 Å². The summed E-state index contributed by atoms with van der Waals surface area (Å²) in [6.45, 7) is 8.04. The highest BCUT2D eigenvalue weighted by atomic mass is 16.5. The third-order valence-electron chi connectivity index (χ3n) is 2.12. The van der Waals surface area contributed by atoms with E-state index in [1.54, 1.807) is 0 Å². The summed E-state index contributed by atoms with van der Waals surface area (Å²) >= 11 is 0. The second kappa shape index (κ2) is 6.38. The highest BCUT2D eigenvalue weighted by Gasteiger charge is 2.06. The van der Waals surface area contributed by atoms with E-state index >= 15 is 0 Å². The average Bonchev–Trinajstić information content (AvgIpc) is 2.27. The minimum absolute atomic E-state index is 0.503. The van der Waals surface area contributed by atoms with Gasteiger partial charge in [0.1, 0.15) is 0 Å². The SMILES string of the molecule is CCOc1cc(CN)ccc1OCC(C)C. The molecule has 0 saturated carbocycles. The molecule has 0 aliphatic rings. The van der Waals surface area contributed by atoms with E-state index in [0.29, 0.717) is 25.7 Å². The Morgan fingerprint density at radius 1 is 1.19 bits per heavy atom. The first kappa shape index (κ1) is 12.8. The van der Waals surface area contributed by atoms with Gasteiger partial charge in [0.15, 0.2) is 11.5 Å². The Bertz CT molecular complexity index is 324. The molecule has 0 aliphatic heterocycles. The van der Waals surface area contributed by atoms with E-state index in [9.17, 15) is 0 Å². The lowest BCUT2D eigenvalue weighted by Gasteiger charge is -2.14. The predicted octanol–water partition coefficient (Wildman–Crippen LogP) is 2.58. The number of hydrogen-bond donors (Lipinski definition) is 1. The van der Waals surface area contributed by atoms with Crippen LogP contribution in [-0.4, -0.2) is 13.2 Å². The summed E-state index contributed by atoms with van der Waals surface area (Å²) in [5, 5.41) is 0. The van der Waals surface area contributed by atoms with Gasteiger partial charge in [0.25, 0.3) is 0 Å². The topological polar surface area (TPSA) is 44.5 Å². The van der Waals surface area contributed by atoms with Gasteiger partial charge in [0, 0.05) is 6.54 Å². The maximum absolute atomic E-state index is 5.68. The monoisotopic (exact) mass is 223 g/mol. The summed E-state index contributed by atoms with van der Waals surface area (Å²) in [4.78, 5) is 0. The molecule has 0 aromatic heterocycles. The highest BCUT2D eigenvalue weighted by Crippen LogP contribution is 2.28. The highest BCUT2D eigenvalue weighted by molar-refractivity contribution is 5.43. The van der Waals surface area contributed by atoms with Crippen molar-refractivity contribution in [1.82, 2.24) is 0 Å². The zero-order chi connectivity index (χ0) is 12.0. The molecule has 90 valence electrons. The first-order valence-corrected chi connectivity index (χ1v) is 5.76. The number of nitrogens with two attached hydrogens (primary N) is 1. The minimum atomic E-state index is 0.503. The zero-order valence-corrected chi connectivity index (χ0v) is 10.3. The molecule has 0 bridgehead atoms. The van der Waals surface area contributed by atoms with Crippen LogP contribution in [0.4, 0.5) is 0 Å². The van der Waals surface area contributed by atoms with E-state index in [2.05, 4.69) is 13.8 Å². The van der Waals surface area contributed by atoms with Gasteiger partial charge in [-0.1, -0.05) is 19.9 Å². The molecular weight excluding hydrogens is 202 g/mol. The van der Waals surface area contributed by atoms with Crippen molar-refractivity contribution < 1.29 is 9.47 Å². The fourth-order valence-electron chi connectivity index (χ4n) is 1.32.